The van der Waals surface area contributed by atoms with Gasteiger partial charge in [-0.05, 0) is 62.1 Å². The molecule has 1 aliphatic heterocycles. The van der Waals surface area contributed by atoms with Gasteiger partial charge < -0.3 is 15.1 Å². The molecule has 1 unspecified atom stereocenters. The van der Waals surface area contributed by atoms with Gasteiger partial charge in [0, 0.05) is 36.4 Å². The zero-order valence-electron chi connectivity index (χ0n) is 18.2. The van der Waals surface area contributed by atoms with Crippen LogP contribution in [0.2, 0.25) is 5.02 Å². The predicted molar refractivity (Wildman–Crippen MR) is 122 cm³/mol. The molecule has 6 nitrogen and oxygen atoms in total. The highest BCUT2D eigenvalue weighted by Crippen LogP contribution is 2.22. The molecule has 1 atom stereocenters. The average molecular weight is 442 g/mol. The highest BCUT2D eigenvalue weighted by atomic mass is 35.5. The molecule has 1 aliphatic rings. The average Bonchev–Trinajstić information content (AvgIpc) is 2.76. The van der Waals surface area contributed by atoms with Crippen LogP contribution in [-0.2, 0) is 9.59 Å². The Labute approximate surface area is 188 Å². The van der Waals surface area contributed by atoms with Gasteiger partial charge >= 0.3 is 0 Å². The van der Waals surface area contributed by atoms with E-state index < -0.39 is 0 Å². The van der Waals surface area contributed by atoms with Crippen molar-refractivity contribution < 1.29 is 14.4 Å². The van der Waals surface area contributed by atoms with Gasteiger partial charge in [0.1, 0.15) is 0 Å². The summed E-state index contributed by atoms with van der Waals surface area (Å²) in [7, 11) is 1.63. The number of nitrogens with zero attached hydrogens (tertiary/aromatic N) is 2. The molecule has 2 aromatic rings. The second-order valence-corrected chi connectivity index (χ2v) is 8.54. The summed E-state index contributed by atoms with van der Waals surface area (Å²) in [6, 6.07) is 12.6. The lowest BCUT2D eigenvalue weighted by molar-refractivity contribution is -0.138. The summed E-state index contributed by atoms with van der Waals surface area (Å²) in [5, 5.41) is 3.49. The lowest BCUT2D eigenvalue weighted by atomic mass is 9.96. The third-order valence-electron chi connectivity index (χ3n) is 5.65. The van der Waals surface area contributed by atoms with Crippen molar-refractivity contribution in [3.05, 3.63) is 64.2 Å². The topological polar surface area (TPSA) is 69.7 Å². The number of carbonyl (C=O) groups is 3. The number of carbonyl (C=O) groups excluding carboxylic acids is 3. The van der Waals surface area contributed by atoms with E-state index in [-0.39, 0.29) is 30.2 Å². The third kappa shape index (κ3) is 5.64. The van der Waals surface area contributed by atoms with Crippen molar-refractivity contribution in [2.75, 3.05) is 32.0 Å². The van der Waals surface area contributed by atoms with Gasteiger partial charge in [0.15, 0.2) is 0 Å². The summed E-state index contributed by atoms with van der Waals surface area (Å²) >= 11 is 5.90. The zero-order valence-corrected chi connectivity index (χ0v) is 18.9. The van der Waals surface area contributed by atoms with Gasteiger partial charge in [-0.25, -0.2) is 0 Å². The van der Waals surface area contributed by atoms with Crippen LogP contribution in [0, 0.1) is 19.8 Å². The molecule has 1 fully saturated rings. The molecule has 0 radical (unpaired) electrons. The van der Waals surface area contributed by atoms with Crippen molar-refractivity contribution >= 4 is 35.0 Å². The largest absolute Gasteiger partial charge is 0.338 e. The summed E-state index contributed by atoms with van der Waals surface area (Å²) in [5.41, 5.74) is 3.29. The number of amides is 3. The number of aryl methyl sites for hydroxylation is 2. The second kappa shape index (κ2) is 9.96. The Kier molecular flexibility index (Phi) is 7.33. The fourth-order valence-electron chi connectivity index (χ4n) is 3.93. The summed E-state index contributed by atoms with van der Waals surface area (Å²) in [5.74, 6) is -0.781. The molecule has 0 bridgehead atoms. The maximum Gasteiger partial charge on any atom is 0.253 e. The predicted octanol–water partition coefficient (Wildman–Crippen LogP) is 3.91. The van der Waals surface area contributed by atoms with Gasteiger partial charge in [0.05, 0.1) is 12.5 Å². The van der Waals surface area contributed by atoms with Crippen LogP contribution in [0.25, 0.3) is 0 Å². The van der Waals surface area contributed by atoms with Crippen LogP contribution in [0.3, 0.4) is 0 Å². The third-order valence-corrected chi connectivity index (χ3v) is 5.90. The van der Waals surface area contributed by atoms with Crippen LogP contribution in [0.15, 0.2) is 42.5 Å². The number of likely N-dealkylation sites (N-methyl/N-ethyl adjacent to an activating group) is 1. The first kappa shape index (κ1) is 22.8. The van der Waals surface area contributed by atoms with Gasteiger partial charge in [-0.15, -0.1) is 0 Å². The molecule has 31 heavy (non-hydrogen) atoms. The Bertz CT molecular complexity index is 954. The summed E-state index contributed by atoms with van der Waals surface area (Å²) in [4.78, 5) is 41.4. The molecule has 0 aromatic heterocycles. The van der Waals surface area contributed by atoms with Gasteiger partial charge in [-0.2, -0.15) is 0 Å². The maximum absolute atomic E-state index is 13.0. The minimum absolute atomic E-state index is 0.0335. The summed E-state index contributed by atoms with van der Waals surface area (Å²) in [6.07, 6.45) is 1.45. The Morgan fingerprint density at radius 3 is 2.39 bits per heavy atom. The quantitative estimate of drug-likeness (QED) is 0.764. The Balaban J connectivity index is 1.59. The fourth-order valence-corrected chi connectivity index (χ4v) is 4.06. The van der Waals surface area contributed by atoms with E-state index in [1.54, 1.807) is 36.2 Å². The van der Waals surface area contributed by atoms with E-state index in [0.717, 1.165) is 23.2 Å². The monoisotopic (exact) mass is 441 g/mol. The van der Waals surface area contributed by atoms with Crippen LogP contribution in [-0.4, -0.2) is 54.2 Å². The van der Waals surface area contributed by atoms with Crippen molar-refractivity contribution in [1.29, 1.82) is 0 Å². The van der Waals surface area contributed by atoms with Crippen molar-refractivity contribution in [1.82, 2.24) is 9.80 Å². The number of likely N-dealkylation sites (tertiary alicyclic amines) is 1. The Morgan fingerprint density at radius 1 is 1.10 bits per heavy atom. The lowest BCUT2D eigenvalue weighted by Crippen LogP contribution is -2.47. The molecule has 1 saturated heterocycles. The summed E-state index contributed by atoms with van der Waals surface area (Å²) < 4.78 is 0. The molecular formula is C24H28ClN3O3. The van der Waals surface area contributed by atoms with Gasteiger partial charge in [-0.1, -0.05) is 29.8 Å². The van der Waals surface area contributed by atoms with E-state index in [1.807, 2.05) is 32.0 Å². The van der Waals surface area contributed by atoms with Crippen molar-refractivity contribution in [2.24, 2.45) is 5.92 Å². The second-order valence-electron chi connectivity index (χ2n) is 8.11. The SMILES string of the molecule is Cc1cccc(C)c1NC(=O)CN(C)C(=O)C1CCCN(C(=O)c2ccc(Cl)cc2)C1. The molecule has 3 amide bonds. The first-order valence-electron chi connectivity index (χ1n) is 10.4. The molecule has 2 aromatic carbocycles. The number of nitrogens with one attached hydrogen (secondary N) is 1. The molecule has 0 aliphatic carbocycles. The number of rotatable bonds is 5. The number of hydrogen-bond acceptors (Lipinski definition) is 3. The number of anilines is 1. The van der Waals surface area contributed by atoms with Crippen LogP contribution in [0.1, 0.15) is 34.3 Å². The first-order valence-corrected chi connectivity index (χ1v) is 10.8. The molecule has 1 N–H and O–H groups in total. The van der Waals surface area contributed by atoms with E-state index >= 15 is 0 Å². The minimum atomic E-state index is -0.317. The minimum Gasteiger partial charge on any atom is -0.338 e. The van der Waals surface area contributed by atoms with Gasteiger partial charge in [0.25, 0.3) is 5.91 Å². The van der Waals surface area contributed by atoms with Crippen LogP contribution in [0.5, 0.6) is 0 Å². The smallest absolute Gasteiger partial charge is 0.253 e. The molecule has 7 heteroatoms. The normalized spacial score (nSPS) is 16.0. The molecule has 164 valence electrons. The number of piperidine rings is 1. The molecule has 0 saturated carbocycles. The van der Waals surface area contributed by atoms with E-state index in [9.17, 15) is 14.4 Å². The van der Waals surface area contributed by atoms with Gasteiger partial charge in [-0.3, -0.25) is 14.4 Å². The standard InChI is InChI=1S/C24H28ClN3O3/c1-16-6-4-7-17(2)22(16)26-21(29)15-27(3)23(30)19-8-5-13-28(14-19)24(31)18-9-11-20(25)12-10-18/h4,6-7,9-12,19H,5,8,13-15H2,1-3H3,(H,26,29). The zero-order chi connectivity index (χ0) is 22.5. The maximum atomic E-state index is 13.0. The van der Waals surface area contributed by atoms with Crippen molar-refractivity contribution in [3.63, 3.8) is 0 Å². The van der Waals surface area contributed by atoms with E-state index in [2.05, 4.69) is 5.32 Å². The van der Waals surface area contributed by atoms with Gasteiger partial charge in [0.2, 0.25) is 11.8 Å². The van der Waals surface area contributed by atoms with E-state index in [0.29, 0.717) is 30.1 Å². The number of para-hydroxylation sites is 1. The van der Waals surface area contributed by atoms with Crippen molar-refractivity contribution in [3.8, 4) is 0 Å². The number of hydrogen-bond donors (Lipinski definition) is 1. The van der Waals surface area contributed by atoms with Crippen LogP contribution in [0.4, 0.5) is 5.69 Å². The first-order chi connectivity index (χ1) is 14.8. The molecule has 1 heterocycles. The van der Waals surface area contributed by atoms with Crippen molar-refractivity contribution in [2.45, 2.75) is 26.7 Å². The van der Waals surface area contributed by atoms with E-state index in [4.69, 9.17) is 11.6 Å². The Morgan fingerprint density at radius 2 is 1.74 bits per heavy atom. The lowest BCUT2D eigenvalue weighted by Gasteiger charge is -2.34. The molecular weight excluding hydrogens is 414 g/mol. The summed E-state index contributed by atoms with van der Waals surface area (Å²) in [6.45, 7) is 4.80. The highest BCUT2D eigenvalue weighted by Gasteiger charge is 2.31. The molecule has 3 rings (SSSR count). The Hall–Kier alpha value is -2.86. The van der Waals surface area contributed by atoms with Crippen LogP contribution < -0.4 is 5.32 Å². The fraction of sp³-hybridized carbons (Fsp3) is 0.375. The molecule has 0 spiro atoms. The number of halogens is 1. The van der Waals surface area contributed by atoms with Crippen LogP contribution >= 0.6 is 11.6 Å². The number of benzene rings is 2. The highest BCUT2D eigenvalue weighted by molar-refractivity contribution is 6.30. The van der Waals surface area contributed by atoms with E-state index in [1.165, 1.54) is 4.90 Å².